The van der Waals surface area contributed by atoms with Gasteiger partial charge in [0.1, 0.15) is 11.6 Å². The second-order valence-corrected chi connectivity index (χ2v) is 5.49. The van der Waals surface area contributed by atoms with Gasteiger partial charge in [0.15, 0.2) is 6.61 Å². The standard InChI is InChI=1S/C19H15F2NO7/c1-27-17(24)10-3-5-13(18(25)28-2)15(7-10)22-16(23)9-29-19(26)12-6-4-11(20)8-14(12)21/h3-8H,9H2,1-2H3,(H,22,23). The number of amides is 1. The molecule has 0 unspecified atom stereocenters. The molecule has 0 bridgehead atoms. The molecule has 8 nitrogen and oxygen atoms in total. The van der Waals surface area contributed by atoms with Crippen molar-refractivity contribution in [1.82, 2.24) is 0 Å². The van der Waals surface area contributed by atoms with Crippen molar-refractivity contribution in [2.75, 3.05) is 26.1 Å². The molecule has 0 spiro atoms. The Morgan fingerprint density at radius 3 is 2.14 bits per heavy atom. The molecule has 0 aliphatic heterocycles. The number of hydrogen-bond acceptors (Lipinski definition) is 7. The zero-order valence-corrected chi connectivity index (χ0v) is 15.3. The van der Waals surface area contributed by atoms with Crippen molar-refractivity contribution in [3.05, 3.63) is 64.7 Å². The average molecular weight is 407 g/mol. The van der Waals surface area contributed by atoms with Crippen LogP contribution in [0.5, 0.6) is 0 Å². The summed E-state index contributed by atoms with van der Waals surface area (Å²) in [6.45, 7) is -0.835. The smallest absolute Gasteiger partial charge is 0.341 e. The lowest BCUT2D eigenvalue weighted by molar-refractivity contribution is -0.119. The van der Waals surface area contributed by atoms with Crippen LogP contribution in [0, 0.1) is 11.6 Å². The fourth-order valence-corrected chi connectivity index (χ4v) is 2.23. The molecule has 0 saturated carbocycles. The highest BCUT2D eigenvalue weighted by atomic mass is 19.1. The van der Waals surface area contributed by atoms with E-state index in [2.05, 4.69) is 19.5 Å². The summed E-state index contributed by atoms with van der Waals surface area (Å²) in [5.41, 5.74) is -0.666. The van der Waals surface area contributed by atoms with Gasteiger partial charge < -0.3 is 19.5 Å². The number of hydrogen-bond donors (Lipinski definition) is 1. The fraction of sp³-hybridized carbons (Fsp3) is 0.158. The molecule has 2 aromatic rings. The van der Waals surface area contributed by atoms with Gasteiger partial charge in [0.2, 0.25) is 0 Å². The van der Waals surface area contributed by atoms with Crippen LogP contribution in [-0.2, 0) is 19.0 Å². The first-order valence-corrected chi connectivity index (χ1v) is 7.99. The number of halogens is 2. The highest BCUT2D eigenvalue weighted by Gasteiger charge is 2.19. The molecule has 0 saturated heterocycles. The summed E-state index contributed by atoms with van der Waals surface area (Å²) in [7, 11) is 2.28. The molecule has 152 valence electrons. The number of nitrogens with one attached hydrogen (secondary N) is 1. The van der Waals surface area contributed by atoms with Crippen LogP contribution in [0.25, 0.3) is 0 Å². The summed E-state index contributed by atoms with van der Waals surface area (Å²) in [6, 6.07) is 5.95. The number of esters is 3. The lowest BCUT2D eigenvalue weighted by Gasteiger charge is -2.12. The number of carbonyl (C=O) groups is 4. The Bertz CT molecular complexity index is 975. The molecule has 0 atom stereocenters. The Labute approximate surface area is 163 Å². The molecule has 0 aromatic heterocycles. The van der Waals surface area contributed by atoms with E-state index >= 15 is 0 Å². The molecule has 10 heteroatoms. The summed E-state index contributed by atoms with van der Waals surface area (Å²) < 4.78 is 40.3. The van der Waals surface area contributed by atoms with Crippen LogP contribution >= 0.6 is 0 Å². The second kappa shape index (κ2) is 9.40. The van der Waals surface area contributed by atoms with Gasteiger partial charge in [0.25, 0.3) is 5.91 Å². The van der Waals surface area contributed by atoms with Crippen LogP contribution in [0.15, 0.2) is 36.4 Å². The van der Waals surface area contributed by atoms with E-state index in [1.807, 2.05) is 0 Å². The molecular weight excluding hydrogens is 392 g/mol. The van der Waals surface area contributed by atoms with E-state index < -0.39 is 47.6 Å². The summed E-state index contributed by atoms with van der Waals surface area (Å²) >= 11 is 0. The third-order valence-electron chi connectivity index (χ3n) is 3.61. The Hall–Kier alpha value is -3.82. The van der Waals surface area contributed by atoms with Gasteiger partial charge in [0.05, 0.1) is 36.6 Å². The molecule has 0 aliphatic rings. The number of carbonyl (C=O) groups excluding carboxylic acids is 4. The fourth-order valence-electron chi connectivity index (χ4n) is 2.23. The summed E-state index contributed by atoms with van der Waals surface area (Å²) in [4.78, 5) is 47.4. The van der Waals surface area contributed by atoms with Crippen molar-refractivity contribution in [2.45, 2.75) is 0 Å². The van der Waals surface area contributed by atoms with Gasteiger partial charge in [-0.2, -0.15) is 0 Å². The maximum Gasteiger partial charge on any atom is 0.341 e. The van der Waals surface area contributed by atoms with Crippen molar-refractivity contribution in [3.8, 4) is 0 Å². The Morgan fingerprint density at radius 2 is 1.52 bits per heavy atom. The van der Waals surface area contributed by atoms with Crippen LogP contribution in [0.1, 0.15) is 31.1 Å². The van der Waals surface area contributed by atoms with E-state index in [-0.39, 0.29) is 16.8 Å². The highest BCUT2D eigenvalue weighted by molar-refractivity contribution is 6.04. The van der Waals surface area contributed by atoms with Gasteiger partial charge in [-0.15, -0.1) is 0 Å². The lowest BCUT2D eigenvalue weighted by Crippen LogP contribution is -2.23. The Kier molecular flexibility index (Phi) is 6.96. The zero-order chi connectivity index (χ0) is 21.6. The van der Waals surface area contributed by atoms with Crippen molar-refractivity contribution in [3.63, 3.8) is 0 Å². The van der Waals surface area contributed by atoms with Crippen molar-refractivity contribution >= 4 is 29.5 Å². The molecule has 0 fully saturated rings. The van der Waals surface area contributed by atoms with Crippen LogP contribution in [0.2, 0.25) is 0 Å². The monoisotopic (exact) mass is 407 g/mol. The first-order chi connectivity index (χ1) is 13.8. The van der Waals surface area contributed by atoms with E-state index in [0.29, 0.717) is 6.07 Å². The largest absolute Gasteiger partial charge is 0.465 e. The van der Waals surface area contributed by atoms with Gasteiger partial charge in [-0.05, 0) is 30.3 Å². The van der Waals surface area contributed by atoms with Gasteiger partial charge in [0, 0.05) is 6.07 Å². The number of methoxy groups -OCH3 is 2. The van der Waals surface area contributed by atoms with Gasteiger partial charge in [-0.3, -0.25) is 4.79 Å². The third-order valence-corrected chi connectivity index (χ3v) is 3.61. The minimum atomic E-state index is -1.19. The average Bonchev–Trinajstić information content (AvgIpc) is 2.70. The first kappa shape index (κ1) is 21.5. The van der Waals surface area contributed by atoms with Gasteiger partial charge in [-0.1, -0.05) is 0 Å². The van der Waals surface area contributed by atoms with Crippen molar-refractivity contribution in [1.29, 1.82) is 0 Å². The topological polar surface area (TPSA) is 108 Å². The van der Waals surface area contributed by atoms with E-state index in [1.54, 1.807) is 0 Å². The van der Waals surface area contributed by atoms with E-state index in [0.717, 1.165) is 26.4 Å². The molecule has 0 radical (unpaired) electrons. The molecular formula is C19H15F2NO7. The SMILES string of the molecule is COC(=O)c1ccc(C(=O)OC)c(NC(=O)COC(=O)c2ccc(F)cc2F)c1. The molecule has 1 amide bonds. The minimum Gasteiger partial charge on any atom is -0.465 e. The summed E-state index contributed by atoms with van der Waals surface area (Å²) in [5, 5.41) is 2.30. The number of ether oxygens (including phenoxy) is 3. The minimum absolute atomic E-state index is 0.0424. The van der Waals surface area contributed by atoms with Crippen LogP contribution in [0.3, 0.4) is 0 Å². The summed E-state index contributed by atoms with van der Waals surface area (Å²) in [6.07, 6.45) is 0. The Morgan fingerprint density at radius 1 is 0.862 bits per heavy atom. The maximum absolute atomic E-state index is 13.6. The van der Waals surface area contributed by atoms with Crippen LogP contribution in [0.4, 0.5) is 14.5 Å². The van der Waals surface area contributed by atoms with Crippen LogP contribution < -0.4 is 5.32 Å². The van der Waals surface area contributed by atoms with E-state index in [9.17, 15) is 28.0 Å². The molecule has 0 heterocycles. The first-order valence-electron chi connectivity index (χ1n) is 7.99. The van der Waals surface area contributed by atoms with E-state index in [4.69, 9.17) is 0 Å². The summed E-state index contributed by atoms with van der Waals surface area (Å²) in [5.74, 6) is -5.59. The van der Waals surface area contributed by atoms with Gasteiger partial charge >= 0.3 is 17.9 Å². The number of benzene rings is 2. The number of rotatable bonds is 6. The highest BCUT2D eigenvalue weighted by Crippen LogP contribution is 2.20. The molecule has 2 aromatic carbocycles. The molecule has 1 N–H and O–H groups in total. The predicted octanol–water partition coefficient (Wildman–Crippen LogP) is 2.33. The second-order valence-electron chi connectivity index (χ2n) is 5.49. The van der Waals surface area contributed by atoms with Crippen LogP contribution in [-0.4, -0.2) is 44.6 Å². The molecule has 0 aliphatic carbocycles. The third kappa shape index (κ3) is 5.34. The molecule has 29 heavy (non-hydrogen) atoms. The number of anilines is 1. The van der Waals surface area contributed by atoms with Crippen molar-refractivity contribution < 1.29 is 42.2 Å². The maximum atomic E-state index is 13.6. The van der Waals surface area contributed by atoms with E-state index in [1.165, 1.54) is 18.2 Å². The predicted molar refractivity (Wildman–Crippen MR) is 94.4 cm³/mol. The normalized spacial score (nSPS) is 10.1. The van der Waals surface area contributed by atoms with Gasteiger partial charge in [-0.25, -0.2) is 23.2 Å². The Balaban J connectivity index is 2.13. The zero-order valence-electron chi connectivity index (χ0n) is 15.3. The lowest BCUT2D eigenvalue weighted by atomic mass is 10.1. The van der Waals surface area contributed by atoms with Crippen molar-refractivity contribution in [2.24, 2.45) is 0 Å². The molecule has 2 rings (SSSR count). The quantitative estimate of drug-likeness (QED) is 0.578.